The van der Waals surface area contributed by atoms with Crippen LogP contribution in [0.4, 0.5) is 4.79 Å². The van der Waals surface area contributed by atoms with E-state index >= 15 is 0 Å². The van der Waals surface area contributed by atoms with Crippen LogP contribution in [0.5, 0.6) is 5.75 Å². The topological polar surface area (TPSA) is 71.3 Å². The first-order chi connectivity index (χ1) is 9.85. The Morgan fingerprint density at radius 2 is 2.05 bits per heavy atom. The van der Waals surface area contributed by atoms with Crippen molar-refractivity contribution in [2.75, 3.05) is 13.7 Å². The van der Waals surface area contributed by atoms with E-state index in [1.165, 1.54) is 0 Å². The highest BCUT2D eigenvalue weighted by molar-refractivity contribution is 5.68. The number of alkyl carbamates (subject to hydrolysis) is 1. The highest BCUT2D eigenvalue weighted by Gasteiger charge is 2.15. The summed E-state index contributed by atoms with van der Waals surface area (Å²) in [5.41, 5.74) is 0.474. The van der Waals surface area contributed by atoms with Crippen LogP contribution in [0, 0.1) is 23.2 Å². The van der Waals surface area contributed by atoms with Crippen molar-refractivity contribution in [3.05, 3.63) is 29.3 Å². The van der Waals surface area contributed by atoms with Gasteiger partial charge in [0, 0.05) is 5.56 Å². The first-order valence-corrected chi connectivity index (χ1v) is 6.39. The Morgan fingerprint density at radius 1 is 1.33 bits per heavy atom. The molecule has 1 aromatic carbocycles. The number of amides is 1. The molecule has 0 aromatic heterocycles. The van der Waals surface area contributed by atoms with Crippen molar-refractivity contribution in [3.8, 4) is 23.7 Å². The predicted octanol–water partition coefficient (Wildman–Crippen LogP) is 2.44. The number of rotatable bonds is 2. The number of methoxy groups -OCH3 is 1. The molecule has 1 N–H and O–H groups in total. The average molecular weight is 286 g/mol. The molecule has 0 saturated heterocycles. The standard InChI is InChI=1S/C16H18N2O3/c1-16(2,3)21-15(19)18-9-5-6-12-10-14(20-4)8-7-13(12)11-17/h7-8,10H,9H2,1-4H3,(H,18,19). The lowest BCUT2D eigenvalue weighted by molar-refractivity contribution is 0.0535. The maximum absolute atomic E-state index is 11.4. The minimum atomic E-state index is -0.543. The van der Waals surface area contributed by atoms with E-state index in [0.717, 1.165) is 0 Å². The highest BCUT2D eigenvalue weighted by Crippen LogP contribution is 2.16. The zero-order valence-electron chi connectivity index (χ0n) is 12.6. The van der Waals surface area contributed by atoms with E-state index < -0.39 is 11.7 Å². The lowest BCUT2D eigenvalue weighted by atomic mass is 10.1. The summed E-state index contributed by atoms with van der Waals surface area (Å²) in [6.45, 7) is 5.49. The zero-order chi connectivity index (χ0) is 15.9. The van der Waals surface area contributed by atoms with E-state index in [0.29, 0.717) is 16.9 Å². The number of nitrogens with zero attached hydrogens (tertiary/aromatic N) is 1. The minimum absolute atomic E-state index is 0.136. The monoisotopic (exact) mass is 286 g/mol. The molecule has 110 valence electrons. The number of ether oxygens (including phenoxy) is 2. The van der Waals surface area contributed by atoms with E-state index in [2.05, 4.69) is 23.2 Å². The number of nitriles is 1. The molecule has 0 aliphatic rings. The number of benzene rings is 1. The van der Waals surface area contributed by atoms with Gasteiger partial charge in [-0.15, -0.1) is 0 Å². The van der Waals surface area contributed by atoms with Crippen LogP contribution in [-0.2, 0) is 4.74 Å². The average Bonchev–Trinajstić information content (AvgIpc) is 2.41. The minimum Gasteiger partial charge on any atom is -0.497 e. The van der Waals surface area contributed by atoms with Gasteiger partial charge >= 0.3 is 6.09 Å². The summed E-state index contributed by atoms with van der Waals surface area (Å²) in [5.74, 6) is 6.23. The lowest BCUT2D eigenvalue weighted by Gasteiger charge is -2.19. The molecule has 0 aliphatic heterocycles. The van der Waals surface area contributed by atoms with Crippen LogP contribution in [0.3, 0.4) is 0 Å². The maximum Gasteiger partial charge on any atom is 0.408 e. The summed E-state index contributed by atoms with van der Waals surface area (Å²) < 4.78 is 10.2. The fourth-order valence-electron chi connectivity index (χ4n) is 1.42. The van der Waals surface area contributed by atoms with Crippen molar-refractivity contribution in [1.29, 1.82) is 5.26 Å². The van der Waals surface area contributed by atoms with Gasteiger partial charge in [-0.25, -0.2) is 4.79 Å². The smallest absolute Gasteiger partial charge is 0.408 e. The van der Waals surface area contributed by atoms with E-state index in [4.69, 9.17) is 14.7 Å². The third-order valence-electron chi connectivity index (χ3n) is 2.29. The van der Waals surface area contributed by atoms with E-state index in [9.17, 15) is 4.79 Å². The first kappa shape index (κ1) is 16.4. The quantitative estimate of drug-likeness (QED) is 0.848. The Labute approximate surface area is 124 Å². The predicted molar refractivity (Wildman–Crippen MR) is 78.8 cm³/mol. The maximum atomic E-state index is 11.4. The molecule has 0 fully saturated rings. The van der Waals surface area contributed by atoms with Crippen LogP contribution >= 0.6 is 0 Å². The number of nitrogens with one attached hydrogen (secondary N) is 1. The second-order valence-electron chi connectivity index (χ2n) is 5.18. The molecule has 5 nitrogen and oxygen atoms in total. The number of hydrogen-bond acceptors (Lipinski definition) is 4. The van der Waals surface area contributed by atoms with Crippen LogP contribution in [0.1, 0.15) is 31.9 Å². The van der Waals surface area contributed by atoms with Gasteiger partial charge in [-0.1, -0.05) is 11.8 Å². The van der Waals surface area contributed by atoms with Gasteiger partial charge in [0.05, 0.1) is 19.2 Å². The summed E-state index contributed by atoms with van der Waals surface area (Å²) in [6.07, 6.45) is -0.525. The van der Waals surface area contributed by atoms with E-state index in [-0.39, 0.29) is 6.54 Å². The normalized spacial score (nSPS) is 9.86. The Balaban J connectivity index is 2.67. The molecule has 1 amide bonds. The molecule has 0 atom stereocenters. The van der Waals surface area contributed by atoms with Crippen molar-refractivity contribution >= 4 is 6.09 Å². The van der Waals surface area contributed by atoms with Gasteiger partial charge < -0.3 is 14.8 Å². The molecule has 0 aliphatic carbocycles. The molecular formula is C16H18N2O3. The lowest BCUT2D eigenvalue weighted by Crippen LogP contribution is -2.32. The van der Waals surface area contributed by atoms with Crippen molar-refractivity contribution in [1.82, 2.24) is 5.32 Å². The number of hydrogen-bond donors (Lipinski definition) is 1. The Kier molecular flexibility index (Phi) is 5.63. The SMILES string of the molecule is COc1ccc(C#N)c(C#CCNC(=O)OC(C)(C)C)c1. The molecule has 0 unspecified atom stereocenters. The summed E-state index contributed by atoms with van der Waals surface area (Å²) in [4.78, 5) is 11.4. The Bertz CT molecular complexity index is 613. The number of carbonyl (C=O) groups is 1. The van der Waals surface area contributed by atoms with Gasteiger partial charge in [-0.2, -0.15) is 5.26 Å². The van der Waals surface area contributed by atoms with Crippen LogP contribution < -0.4 is 10.1 Å². The summed E-state index contributed by atoms with van der Waals surface area (Å²) in [5, 5.41) is 11.5. The molecule has 0 heterocycles. The molecule has 0 bridgehead atoms. The molecular weight excluding hydrogens is 268 g/mol. The summed E-state index contributed by atoms with van der Waals surface area (Å²) >= 11 is 0. The second kappa shape index (κ2) is 7.21. The third-order valence-corrected chi connectivity index (χ3v) is 2.29. The third kappa shape index (κ3) is 5.88. The zero-order valence-corrected chi connectivity index (χ0v) is 12.6. The van der Waals surface area contributed by atoms with Gasteiger partial charge in [0.15, 0.2) is 0 Å². The Hall–Kier alpha value is -2.66. The van der Waals surface area contributed by atoms with Crippen molar-refractivity contribution in [2.24, 2.45) is 0 Å². The molecule has 1 rings (SSSR count). The number of carbonyl (C=O) groups excluding carboxylic acids is 1. The molecule has 0 saturated carbocycles. The van der Waals surface area contributed by atoms with Crippen molar-refractivity contribution < 1.29 is 14.3 Å². The summed E-state index contributed by atoms with van der Waals surface area (Å²) in [7, 11) is 1.54. The van der Waals surface area contributed by atoms with Gasteiger partial charge in [-0.3, -0.25) is 0 Å². The fourth-order valence-corrected chi connectivity index (χ4v) is 1.42. The largest absolute Gasteiger partial charge is 0.497 e. The molecule has 5 heteroatoms. The fraction of sp³-hybridized carbons (Fsp3) is 0.375. The highest BCUT2D eigenvalue weighted by atomic mass is 16.6. The van der Waals surface area contributed by atoms with Crippen molar-refractivity contribution in [2.45, 2.75) is 26.4 Å². The van der Waals surface area contributed by atoms with Crippen LogP contribution in [0.2, 0.25) is 0 Å². The molecule has 0 radical (unpaired) electrons. The first-order valence-electron chi connectivity index (χ1n) is 6.39. The molecule has 21 heavy (non-hydrogen) atoms. The van der Waals surface area contributed by atoms with Crippen LogP contribution in [-0.4, -0.2) is 25.3 Å². The van der Waals surface area contributed by atoms with E-state index in [1.807, 2.05) is 0 Å². The van der Waals surface area contributed by atoms with Crippen molar-refractivity contribution in [3.63, 3.8) is 0 Å². The molecule has 0 spiro atoms. The molecule has 1 aromatic rings. The van der Waals surface area contributed by atoms with Crippen LogP contribution in [0.25, 0.3) is 0 Å². The van der Waals surface area contributed by atoms with Gasteiger partial charge in [-0.05, 0) is 39.0 Å². The van der Waals surface area contributed by atoms with Gasteiger partial charge in [0.25, 0.3) is 0 Å². The van der Waals surface area contributed by atoms with E-state index in [1.54, 1.807) is 46.1 Å². The second-order valence-corrected chi connectivity index (χ2v) is 5.18. The summed E-state index contributed by atoms with van der Waals surface area (Å²) in [6, 6.07) is 7.08. The van der Waals surface area contributed by atoms with Gasteiger partial charge in [0.1, 0.15) is 17.4 Å². The Morgan fingerprint density at radius 3 is 2.62 bits per heavy atom. The van der Waals surface area contributed by atoms with Gasteiger partial charge in [0.2, 0.25) is 0 Å². The van der Waals surface area contributed by atoms with Crippen LogP contribution in [0.15, 0.2) is 18.2 Å².